The molecule has 1 heterocycles. The number of hydrogen-bond acceptors (Lipinski definition) is 3. The summed E-state index contributed by atoms with van der Waals surface area (Å²) in [7, 11) is 0. The van der Waals surface area contributed by atoms with Crippen LogP contribution >= 0.6 is 0 Å². The molecule has 0 aromatic rings. The normalized spacial score (nSPS) is 21.2. The predicted molar refractivity (Wildman–Crippen MR) is 82.6 cm³/mol. The summed E-state index contributed by atoms with van der Waals surface area (Å²) >= 11 is 0. The molecule has 1 aliphatic heterocycles. The van der Waals surface area contributed by atoms with Crippen LogP contribution in [-0.2, 0) is 4.74 Å². The van der Waals surface area contributed by atoms with Gasteiger partial charge < -0.3 is 10.1 Å². The monoisotopic (exact) mass is 270 g/mol. The van der Waals surface area contributed by atoms with Crippen molar-refractivity contribution in [3.63, 3.8) is 0 Å². The fraction of sp³-hybridized carbons (Fsp3) is 1.00. The standard InChI is InChI=1S/C16H34N2O/c1-4-9-17-14-16-7-5-6-10-18(16)11-13-19-12-8-15(2)3/h15-17H,4-14H2,1-3H3. The van der Waals surface area contributed by atoms with Crippen LogP contribution in [0.25, 0.3) is 0 Å². The molecule has 1 aliphatic rings. The van der Waals surface area contributed by atoms with Gasteiger partial charge in [-0.3, -0.25) is 4.90 Å². The SMILES string of the molecule is CCCNCC1CCCCN1CCOCCC(C)C. The van der Waals surface area contributed by atoms with Gasteiger partial charge in [0.1, 0.15) is 0 Å². The summed E-state index contributed by atoms with van der Waals surface area (Å²) in [5, 5.41) is 3.57. The third-order valence-electron chi connectivity index (χ3n) is 3.92. The van der Waals surface area contributed by atoms with E-state index < -0.39 is 0 Å². The van der Waals surface area contributed by atoms with Crippen molar-refractivity contribution in [2.45, 2.75) is 58.9 Å². The van der Waals surface area contributed by atoms with Crippen molar-refractivity contribution < 1.29 is 4.74 Å². The van der Waals surface area contributed by atoms with Gasteiger partial charge in [0.15, 0.2) is 0 Å². The van der Waals surface area contributed by atoms with Crippen molar-refractivity contribution in [3.05, 3.63) is 0 Å². The Morgan fingerprint density at radius 1 is 1.26 bits per heavy atom. The van der Waals surface area contributed by atoms with E-state index in [4.69, 9.17) is 4.74 Å². The minimum atomic E-state index is 0.731. The quantitative estimate of drug-likeness (QED) is 0.618. The van der Waals surface area contributed by atoms with E-state index in [-0.39, 0.29) is 0 Å². The van der Waals surface area contributed by atoms with Gasteiger partial charge in [-0.25, -0.2) is 0 Å². The highest BCUT2D eigenvalue weighted by Gasteiger charge is 2.21. The Balaban J connectivity index is 2.13. The van der Waals surface area contributed by atoms with E-state index in [1.165, 1.54) is 38.6 Å². The third-order valence-corrected chi connectivity index (χ3v) is 3.92. The van der Waals surface area contributed by atoms with Gasteiger partial charge in [-0.2, -0.15) is 0 Å². The zero-order valence-corrected chi connectivity index (χ0v) is 13.3. The fourth-order valence-electron chi connectivity index (χ4n) is 2.63. The minimum Gasteiger partial charge on any atom is -0.380 e. The van der Waals surface area contributed by atoms with Crippen LogP contribution in [0.3, 0.4) is 0 Å². The van der Waals surface area contributed by atoms with Crippen LogP contribution in [0, 0.1) is 5.92 Å². The predicted octanol–water partition coefficient (Wildman–Crippen LogP) is 2.90. The zero-order chi connectivity index (χ0) is 13.9. The molecule has 0 radical (unpaired) electrons. The summed E-state index contributed by atoms with van der Waals surface area (Å²) in [6.07, 6.45) is 6.51. The van der Waals surface area contributed by atoms with Crippen molar-refractivity contribution in [2.75, 3.05) is 39.4 Å². The molecule has 3 nitrogen and oxygen atoms in total. The maximum atomic E-state index is 5.76. The lowest BCUT2D eigenvalue weighted by Crippen LogP contribution is -2.46. The Labute approximate surface area is 120 Å². The number of rotatable bonds is 10. The van der Waals surface area contributed by atoms with E-state index in [2.05, 4.69) is 31.0 Å². The molecule has 0 amide bonds. The lowest BCUT2D eigenvalue weighted by Gasteiger charge is -2.35. The number of hydrogen-bond donors (Lipinski definition) is 1. The lowest BCUT2D eigenvalue weighted by molar-refractivity contribution is 0.0671. The molecular formula is C16H34N2O. The Hall–Kier alpha value is -0.120. The molecule has 0 saturated carbocycles. The van der Waals surface area contributed by atoms with Gasteiger partial charge in [-0.1, -0.05) is 27.2 Å². The van der Waals surface area contributed by atoms with Crippen LogP contribution in [-0.4, -0.2) is 50.3 Å². The number of likely N-dealkylation sites (tertiary alicyclic amines) is 1. The first-order valence-electron chi connectivity index (χ1n) is 8.26. The Kier molecular flexibility index (Phi) is 9.48. The summed E-state index contributed by atoms with van der Waals surface area (Å²) in [6.45, 7) is 13.2. The molecule has 1 fully saturated rings. The van der Waals surface area contributed by atoms with E-state index >= 15 is 0 Å². The van der Waals surface area contributed by atoms with Gasteiger partial charge in [-0.05, 0) is 44.7 Å². The second kappa shape index (κ2) is 10.6. The Morgan fingerprint density at radius 3 is 2.84 bits per heavy atom. The summed E-state index contributed by atoms with van der Waals surface area (Å²) in [5.41, 5.74) is 0. The molecule has 1 saturated heterocycles. The summed E-state index contributed by atoms with van der Waals surface area (Å²) in [4.78, 5) is 2.63. The molecule has 3 heteroatoms. The van der Waals surface area contributed by atoms with Crippen LogP contribution in [0.4, 0.5) is 0 Å². The van der Waals surface area contributed by atoms with Gasteiger partial charge in [-0.15, -0.1) is 0 Å². The molecule has 1 N–H and O–H groups in total. The first-order chi connectivity index (χ1) is 9.24. The molecule has 0 aromatic carbocycles. The Bertz CT molecular complexity index is 209. The van der Waals surface area contributed by atoms with Crippen LogP contribution in [0.2, 0.25) is 0 Å². The molecule has 1 rings (SSSR count). The van der Waals surface area contributed by atoms with E-state index in [1.54, 1.807) is 0 Å². The largest absolute Gasteiger partial charge is 0.380 e. The molecule has 1 atom stereocenters. The second-order valence-electron chi connectivity index (χ2n) is 6.18. The minimum absolute atomic E-state index is 0.731. The molecule has 19 heavy (non-hydrogen) atoms. The molecule has 0 spiro atoms. The Morgan fingerprint density at radius 2 is 2.11 bits per heavy atom. The van der Waals surface area contributed by atoms with Gasteiger partial charge in [0.2, 0.25) is 0 Å². The van der Waals surface area contributed by atoms with E-state index in [9.17, 15) is 0 Å². The second-order valence-corrected chi connectivity index (χ2v) is 6.18. The van der Waals surface area contributed by atoms with Crippen LogP contribution in [0.1, 0.15) is 52.9 Å². The van der Waals surface area contributed by atoms with Crippen molar-refractivity contribution in [3.8, 4) is 0 Å². The average molecular weight is 270 g/mol. The van der Waals surface area contributed by atoms with E-state index in [1.807, 2.05) is 0 Å². The lowest BCUT2D eigenvalue weighted by atomic mass is 10.0. The van der Waals surface area contributed by atoms with Gasteiger partial charge >= 0.3 is 0 Å². The number of ether oxygens (including phenoxy) is 1. The number of nitrogens with zero attached hydrogens (tertiary/aromatic N) is 1. The third kappa shape index (κ3) is 7.91. The zero-order valence-electron chi connectivity index (χ0n) is 13.3. The summed E-state index contributed by atoms with van der Waals surface area (Å²) in [6, 6.07) is 0.731. The van der Waals surface area contributed by atoms with Crippen LogP contribution in [0.5, 0.6) is 0 Å². The van der Waals surface area contributed by atoms with Gasteiger partial charge in [0.05, 0.1) is 6.61 Å². The topological polar surface area (TPSA) is 24.5 Å². The van der Waals surface area contributed by atoms with Crippen molar-refractivity contribution in [1.29, 1.82) is 0 Å². The van der Waals surface area contributed by atoms with E-state index in [0.717, 1.165) is 44.8 Å². The van der Waals surface area contributed by atoms with Crippen molar-refractivity contribution >= 4 is 0 Å². The van der Waals surface area contributed by atoms with E-state index in [0.29, 0.717) is 0 Å². The first-order valence-corrected chi connectivity index (χ1v) is 8.26. The maximum absolute atomic E-state index is 5.76. The fourth-order valence-corrected chi connectivity index (χ4v) is 2.63. The van der Waals surface area contributed by atoms with Crippen LogP contribution < -0.4 is 5.32 Å². The highest BCUT2D eigenvalue weighted by atomic mass is 16.5. The molecule has 0 bridgehead atoms. The molecule has 114 valence electrons. The summed E-state index contributed by atoms with van der Waals surface area (Å²) < 4.78 is 5.76. The van der Waals surface area contributed by atoms with Crippen molar-refractivity contribution in [2.24, 2.45) is 5.92 Å². The van der Waals surface area contributed by atoms with Gasteiger partial charge in [0.25, 0.3) is 0 Å². The van der Waals surface area contributed by atoms with Gasteiger partial charge in [0, 0.05) is 25.7 Å². The first kappa shape index (κ1) is 16.9. The maximum Gasteiger partial charge on any atom is 0.0593 e. The highest BCUT2D eigenvalue weighted by Crippen LogP contribution is 2.16. The molecule has 1 unspecified atom stereocenters. The van der Waals surface area contributed by atoms with Crippen molar-refractivity contribution in [1.82, 2.24) is 10.2 Å². The molecule has 0 aliphatic carbocycles. The molecular weight excluding hydrogens is 236 g/mol. The smallest absolute Gasteiger partial charge is 0.0593 e. The number of piperidine rings is 1. The number of nitrogens with one attached hydrogen (secondary N) is 1. The molecule has 0 aromatic heterocycles. The van der Waals surface area contributed by atoms with Crippen LogP contribution in [0.15, 0.2) is 0 Å². The highest BCUT2D eigenvalue weighted by molar-refractivity contribution is 4.78. The average Bonchev–Trinajstić information content (AvgIpc) is 2.40. The summed E-state index contributed by atoms with van der Waals surface area (Å²) in [5.74, 6) is 0.751.